The third-order valence-corrected chi connectivity index (χ3v) is 3.13. The molecule has 0 unspecified atom stereocenters. The maximum Gasteiger partial charge on any atom is 0.0499 e. The molecule has 1 rings (SSSR count). The first-order chi connectivity index (χ1) is 6.18. The fourth-order valence-corrected chi connectivity index (χ4v) is 2.11. The van der Waals surface area contributed by atoms with Crippen molar-refractivity contribution in [2.45, 2.75) is 52.0 Å². The number of hydrogen-bond donors (Lipinski definition) is 2. The monoisotopic (exact) mass is 185 g/mol. The summed E-state index contributed by atoms with van der Waals surface area (Å²) in [5.41, 5.74) is 0.197. The van der Waals surface area contributed by atoms with E-state index in [4.69, 9.17) is 0 Å². The van der Waals surface area contributed by atoms with Crippen molar-refractivity contribution in [2.24, 2.45) is 5.41 Å². The van der Waals surface area contributed by atoms with Crippen LogP contribution in [0.4, 0.5) is 0 Å². The Balaban J connectivity index is 2.38. The van der Waals surface area contributed by atoms with Crippen LogP contribution in [-0.2, 0) is 0 Å². The van der Waals surface area contributed by atoms with Gasteiger partial charge in [-0.3, -0.25) is 0 Å². The molecule has 0 bridgehead atoms. The van der Waals surface area contributed by atoms with E-state index in [-0.39, 0.29) is 5.41 Å². The Morgan fingerprint density at radius 1 is 1.23 bits per heavy atom. The van der Waals surface area contributed by atoms with E-state index in [9.17, 15) is 5.11 Å². The predicted molar refractivity (Wildman–Crippen MR) is 55.7 cm³/mol. The van der Waals surface area contributed by atoms with Crippen LogP contribution >= 0.6 is 0 Å². The molecule has 0 heterocycles. The molecule has 0 aromatic carbocycles. The van der Waals surface area contributed by atoms with Crippen molar-refractivity contribution in [3.63, 3.8) is 0 Å². The molecule has 2 nitrogen and oxygen atoms in total. The lowest BCUT2D eigenvalue weighted by Crippen LogP contribution is -2.41. The minimum absolute atomic E-state index is 0.197. The number of nitrogens with one attached hydrogen (secondary N) is 1. The van der Waals surface area contributed by atoms with Gasteiger partial charge in [-0.1, -0.05) is 33.1 Å². The largest absolute Gasteiger partial charge is 0.396 e. The van der Waals surface area contributed by atoms with Gasteiger partial charge in [-0.2, -0.15) is 0 Å². The normalized spacial score (nSPS) is 22.2. The Bertz CT molecular complexity index is 139. The van der Waals surface area contributed by atoms with Gasteiger partial charge < -0.3 is 10.4 Å². The Kier molecular flexibility index (Phi) is 4.20. The van der Waals surface area contributed by atoms with Crippen LogP contribution in [0.2, 0.25) is 0 Å². The van der Waals surface area contributed by atoms with Crippen LogP contribution in [0.1, 0.15) is 46.0 Å². The summed E-state index contributed by atoms with van der Waals surface area (Å²) in [4.78, 5) is 0. The van der Waals surface area contributed by atoms with Crippen molar-refractivity contribution in [3.05, 3.63) is 0 Å². The van der Waals surface area contributed by atoms with Crippen LogP contribution in [0.25, 0.3) is 0 Å². The van der Waals surface area contributed by atoms with Gasteiger partial charge in [0.2, 0.25) is 0 Å². The van der Waals surface area contributed by atoms with Gasteiger partial charge >= 0.3 is 0 Å². The second-order valence-electron chi connectivity index (χ2n) is 4.75. The van der Waals surface area contributed by atoms with Crippen molar-refractivity contribution in [3.8, 4) is 0 Å². The van der Waals surface area contributed by atoms with Gasteiger partial charge in [0, 0.05) is 24.6 Å². The van der Waals surface area contributed by atoms with Crippen molar-refractivity contribution in [1.29, 1.82) is 0 Å². The Morgan fingerprint density at radius 2 is 1.85 bits per heavy atom. The minimum Gasteiger partial charge on any atom is -0.396 e. The van der Waals surface area contributed by atoms with Crippen LogP contribution in [-0.4, -0.2) is 24.3 Å². The van der Waals surface area contributed by atoms with Gasteiger partial charge in [-0.25, -0.2) is 0 Å². The van der Waals surface area contributed by atoms with Gasteiger partial charge in [0.15, 0.2) is 0 Å². The zero-order chi connectivity index (χ0) is 9.73. The van der Waals surface area contributed by atoms with Crippen LogP contribution in [0.3, 0.4) is 0 Å². The SMILES string of the molecule is CC(C)NCC1(CO)CCCCC1. The third kappa shape index (κ3) is 3.28. The highest BCUT2D eigenvalue weighted by molar-refractivity contribution is 4.84. The molecule has 1 aliphatic carbocycles. The zero-order valence-electron chi connectivity index (χ0n) is 8.97. The fraction of sp³-hybridized carbons (Fsp3) is 1.00. The van der Waals surface area contributed by atoms with E-state index in [1.165, 1.54) is 32.1 Å². The molecule has 13 heavy (non-hydrogen) atoms. The maximum atomic E-state index is 9.41. The molecule has 1 fully saturated rings. The number of hydrogen-bond acceptors (Lipinski definition) is 2. The Morgan fingerprint density at radius 3 is 2.31 bits per heavy atom. The quantitative estimate of drug-likeness (QED) is 0.701. The van der Waals surface area contributed by atoms with Crippen molar-refractivity contribution < 1.29 is 5.11 Å². The van der Waals surface area contributed by atoms with Crippen LogP contribution in [0.15, 0.2) is 0 Å². The van der Waals surface area contributed by atoms with Crippen molar-refractivity contribution in [1.82, 2.24) is 5.32 Å². The first-order valence-electron chi connectivity index (χ1n) is 5.53. The van der Waals surface area contributed by atoms with E-state index in [0.29, 0.717) is 12.6 Å². The molecule has 2 heteroatoms. The lowest BCUT2D eigenvalue weighted by molar-refractivity contribution is 0.0794. The maximum absolute atomic E-state index is 9.41. The van der Waals surface area contributed by atoms with E-state index in [1.807, 2.05) is 0 Å². The Labute approximate surface area is 81.7 Å². The van der Waals surface area contributed by atoms with Crippen molar-refractivity contribution in [2.75, 3.05) is 13.2 Å². The summed E-state index contributed by atoms with van der Waals surface area (Å²) in [6, 6.07) is 0.533. The molecular weight excluding hydrogens is 162 g/mol. The molecule has 0 amide bonds. The van der Waals surface area contributed by atoms with Gasteiger partial charge in [0.1, 0.15) is 0 Å². The average Bonchev–Trinajstić information content (AvgIpc) is 2.16. The summed E-state index contributed by atoms with van der Waals surface area (Å²) in [6.07, 6.45) is 6.33. The van der Waals surface area contributed by atoms with E-state index < -0.39 is 0 Å². The van der Waals surface area contributed by atoms with Gasteiger partial charge in [-0.05, 0) is 12.8 Å². The smallest absolute Gasteiger partial charge is 0.0499 e. The van der Waals surface area contributed by atoms with E-state index in [0.717, 1.165) is 6.54 Å². The zero-order valence-corrected chi connectivity index (χ0v) is 8.97. The lowest BCUT2D eigenvalue weighted by atomic mass is 9.74. The summed E-state index contributed by atoms with van der Waals surface area (Å²) >= 11 is 0. The molecule has 0 aromatic rings. The molecule has 0 aliphatic heterocycles. The molecule has 2 N–H and O–H groups in total. The van der Waals surface area contributed by atoms with E-state index in [2.05, 4.69) is 19.2 Å². The van der Waals surface area contributed by atoms with E-state index in [1.54, 1.807) is 0 Å². The first kappa shape index (κ1) is 11.0. The molecule has 0 saturated heterocycles. The average molecular weight is 185 g/mol. The summed E-state index contributed by atoms with van der Waals surface area (Å²) < 4.78 is 0. The number of rotatable bonds is 4. The fourth-order valence-electron chi connectivity index (χ4n) is 2.11. The summed E-state index contributed by atoms with van der Waals surface area (Å²) in [5, 5.41) is 12.9. The summed E-state index contributed by atoms with van der Waals surface area (Å²) in [7, 11) is 0. The first-order valence-corrected chi connectivity index (χ1v) is 5.53. The standard InChI is InChI=1S/C11H23NO/c1-10(2)12-8-11(9-13)6-4-3-5-7-11/h10,12-13H,3-9H2,1-2H3. The third-order valence-electron chi connectivity index (χ3n) is 3.13. The molecule has 0 aromatic heterocycles. The van der Waals surface area contributed by atoms with Crippen molar-refractivity contribution >= 4 is 0 Å². The highest BCUT2D eigenvalue weighted by atomic mass is 16.3. The molecule has 1 aliphatic rings. The van der Waals surface area contributed by atoms with Gasteiger partial charge in [-0.15, -0.1) is 0 Å². The van der Waals surface area contributed by atoms with E-state index >= 15 is 0 Å². The van der Waals surface area contributed by atoms with Gasteiger partial charge in [0.05, 0.1) is 0 Å². The number of aliphatic hydroxyl groups is 1. The second kappa shape index (κ2) is 4.97. The Hall–Kier alpha value is -0.0800. The minimum atomic E-state index is 0.197. The topological polar surface area (TPSA) is 32.3 Å². The second-order valence-corrected chi connectivity index (χ2v) is 4.75. The molecule has 1 saturated carbocycles. The van der Waals surface area contributed by atoms with Gasteiger partial charge in [0.25, 0.3) is 0 Å². The number of aliphatic hydroxyl groups excluding tert-OH is 1. The summed E-state index contributed by atoms with van der Waals surface area (Å²) in [5.74, 6) is 0. The highest BCUT2D eigenvalue weighted by Crippen LogP contribution is 2.35. The highest BCUT2D eigenvalue weighted by Gasteiger charge is 2.30. The van der Waals surface area contributed by atoms with Crippen LogP contribution in [0, 0.1) is 5.41 Å². The molecule has 0 spiro atoms. The van der Waals surface area contributed by atoms with Crippen LogP contribution < -0.4 is 5.32 Å². The lowest BCUT2D eigenvalue weighted by Gasteiger charge is -2.36. The van der Waals surface area contributed by atoms with Crippen LogP contribution in [0.5, 0.6) is 0 Å². The molecule has 0 atom stereocenters. The molecular formula is C11H23NO. The predicted octanol–water partition coefficient (Wildman–Crippen LogP) is 1.93. The summed E-state index contributed by atoms with van der Waals surface area (Å²) in [6.45, 7) is 5.66. The molecule has 78 valence electrons. The molecule has 0 radical (unpaired) electrons.